The van der Waals surface area contributed by atoms with Crippen molar-refractivity contribution in [3.05, 3.63) is 30.1 Å². The van der Waals surface area contributed by atoms with Gasteiger partial charge in [0, 0.05) is 19.0 Å². The van der Waals surface area contributed by atoms with Gasteiger partial charge in [-0.15, -0.1) is 0 Å². The highest BCUT2D eigenvalue weighted by Crippen LogP contribution is 2.40. The molecule has 1 aliphatic rings. The second-order valence-electron chi connectivity index (χ2n) is 5.69. The van der Waals surface area contributed by atoms with Crippen LogP contribution in [-0.2, 0) is 4.74 Å². The number of hydrogen-bond donors (Lipinski definition) is 1. The van der Waals surface area contributed by atoms with Crippen LogP contribution in [-0.4, -0.2) is 23.7 Å². The molecule has 2 rings (SSSR count). The standard InChI is InChI=1S/C17H28N2O/c1-3-19-16(15-10-9-13-18-14-15)17(20-4-2)11-7-5-6-8-12-17/h9-10,13-14,16,19H,3-8,11-12H2,1-2H3. The summed E-state index contributed by atoms with van der Waals surface area (Å²) < 4.78 is 6.33. The second-order valence-corrected chi connectivity index (χ2v) is 5.69. The van der Waals surface area contributed by atoms with E-state index in [2.05, 4.69) is 30.2 Å². The van der Waals surface area contributed by atoms with E-state index in [0.29, 0.717) is 0 Å². The molecule has 0 radical (unpaired) electrons. The number of ether oxygens (including phenoxy) is 1. The zero-order valence-electron chi connectivity index (χ0n) is 12.9. The fourth-order valence-corrected chi connectivity index (χ4v) is 3.49. The first-order chi connectivity index (χ1) is 9.82. The quantitative estimate of drug-likeness (QED) is 0.801. The van der Waals surface area contributed by atoms with Gasteiger partial charge in [0.1, 0.15) is 0 Å². The Balaban J connectivity index is 2.30. The van der Waals surface area contributed by atoms with Gasteiger partial charge < -0.3 is 10.1 Å². The van der Waals surface area contributed by atoms with Crippen molar-refractivity contribution < 1.29 is 4.74 Å². The SMILES string of the molecule is CCNC(c1cccnc1)C1(OCC)CCCCCC1. The highest BCUT2D eigenvalue weighted by atomic mass is 16.5. The maximum Gasteiger partial charge on any atom is 0.0876 e. The van der Waals surface area contributed by atoms with Crippen LogP contribution in [0, 0.1) is 0 Å². The van der Waals surface area contributed by atoms with Crippen LogP contribution < -0.4 is 5.32 Å². The molecule has 0 aliphatic heterocycles. The molecule has 1 aromatic heterocycles. The molecule has 1 N–H and O–H groups in total. The molecule has 1 heterocycles. The molecule has 1 unspecified atom stereocenters. The maximum atomic E-state index is 6.33. The van der Waals surface area contributed by atoms with Crippen LogP contribution in [0.25, 0.3) is 0 Å². The van der Waals surface area contributed by atoms with Gasteiger partial charge in [-0.05, 0) is 37.9 Å². The van der Waals surface area contributed by atoms with Crippen LogP contribution in [0.4, 0.5) is 0 Å². The second kappa shape index (κ2) is 7.75. The molecule has 3 heteroatoms. The molecule has 0 amide bonds. The fraction of sp³-hybridized carbons (Fsp3) is 0.706. The molecule has 1 atom stereocenters. The van der Waals surface area contributed by atoms with Crippen molar-refractivity contribution in [2.75, 3.05) is 13.2 Å². The summed E-state index contributed by atoms with van der Waals surface area (Å²) in [6.07, 6.45) is 11.3. The number of pyridine rings is 1. The number of likely N-dealkylation sites (N-methyl/N-ethyl adjacent to an activating group) is 1. The third-order valence-electron chi connectivity index (χ3n) is 4.33. The Morgan fingerprint density at radius 3 is 2.55 bits per heavy atom. The van der Waals surface area contributed by atoms with E-state index in [1.165, 1.54) is 31.2 Å². The molecule has 0 saturated heterocycles. The Hall–Kier alpha value is -0.930. The molecule has 1 saturated carbocycles. The summed E-state index contributed by atoms with van der Waals surface area (Å²) in [7, 11) is 0. The first kappa shape index (κ1) is 15.5. The summed E-state index contributed by atoms with van der Waals surface area (Å²) in [5.74, 6) is 0. The minimum atomic E-state index is -0.0652. The van der Waals surface area contributed by atoms with E-state index in [4.69, 9.17) is 4.74 Å². The first-order valence-corrected chi connectivity index (χ1v) is 8.09. The third-order valence-corrected chi connectivity index (χ3v) is 4.33. The Kier molecular flexibility index (Phi) is 5.99. The zero-order valence-corrected chi connectivity index (χ0v) is 12.9. The summed E-state index contributed by atoms with van der Waals surface area (Å²) in [5.41, 5.74) is 1.19. The maximum absolute atomic E-state index is 6.33. The van der Waals surface area contributed by atoms with Gasteiger partial charge in [-0.25, -0.2) is 0 Å². The van der Waals surface area contributed by atoms with Crippen LogP contribution in [0.15, 0.2) is 24.5 Å². The molecular formula is C17H28N2O. The number of aromatic nitrogens is 1. The highest BCUT2D eigenvalue weighted by molar-refractivity contribution is 5.19. The molecule has 0 spiro atoms. The molecule has 20 heavy (non-hydrogen) atoms. The lowest BCUT2D eigenvalue weighted by molar-refractivity contribution is -0.0779. The van der Waals surface area contributed by atoms with E-state index >= 15 is 0 Å². The predicted molar refractivity (Wildman–Crippen MR) is 82.7 cm³/mol. The van der Waals surface area contributed by atoms with Crippen molar-refractivity contribution in [3.63, 3.8) is 0 Å². The Bertz CT molecular complexity index is 372. The van der Waals surface area contributed by atoms with Gasteiger partial charge in [-0.1, -0.05) is 38.7 Å². The molecule has 0 aromatic carbocycles. The van der Waals surface area contributed by atoms with Gasteiger partial charge in [0.05, 0.1) is 11.6 Å². The number of hydrogen-bond acceptors (Lipinski definition) is 3. The van der Waals surface area contributed by atoms with Crippen molar-refractivity contribution in [1.29, 1.82) is 0 Å². The van der Waals surface area contributed by atoms with Gasteiger partial charge in [0.2, 0.25) is 0 Å². The van der Waals surface area contributed by atoms with Crippen molar-refractivity contribution in [2.45, 2.75) is 64.0 Å². The van der Waals surface area contributed by atoms with Crippen LogP contribution in [0.3, 0.4) is 0 Å². The topological polar surface area (TPSA) is 34.2 Å². The lowest BCUT2D eigenvalue weighted by Gasteiger charge is -2.41. The van der Waals surface area contributed by atoms with Gasteiger partial charge in [-0.2, -0.15) is 0 Å². The van der Waals surface area contributed by atoms with E-state index in [1.54, 1.807) is 0 Å². The molecule has 1 aliphatic carbocycles. The lowest BCUT2D eigenvalue weighted by Crippen LogP contribution is -2.46. The minimum absolute atomic E-state index is 0.0652. The van der Waals surface area contributed by atoms with Crippen LogP contribution in [0.1, 0.15) is 64.0 Å². The smallest absolute Gasteiger partial charge is 0.0876 e. The van der Waals surface area contributed by atoms with Crippen molar-refractivity contribution >= 4 is 0 Å². The average molecular weight is 276 g/mol. The summed E-state index contributed by atoms with van der Waals surface area (Å²) in [6.45, 7) is 6.01. The largest absolute Gasteiger partial charge is 0.373 e. The van der Waals surface area contributed by atoms with E-state index in [1.807, 2.05) is 18.5 Å². The van der Waals surface area contributed by atoms with E-state index in [-0.39, 0.29) is 11.6 Å². The molecule has 1 fully saturated rings. The third kappa shape index (κ3) is 3.58. The van der Waals surface area contributed by atoms with Crippen molar-refractivity contribution in [1.82, 2.24) is 10.3 Å². The first-order valence-electron chi connectivity index (χ1n) is 8.09. The van der Waals surface area contributed by atoms with E-state index in [0.717, 1.165) is 26.0 Å². The fourth-order valence-electron chi connectivity index (χ4n) is 3.49. The zero-order chi connectivity index (χ0) is 14.3. The number of nitrogens with one attached hydrogen (secondary N) is 1. The van der Waals surface area contributed by atoms with Gasteiger partial charge in [0.25, 0.3) is 0 Å². The summed E-state index contributed by atoms with van der Waals surface area (Å²) in [5, 5.41) is 3.66. The van der Waals surface area contributed by atoms with Crippen LogP contribution in [0.5, 0.6) is 0 Å². The number of nitrogens with zero attached hydrogens (tertiary/aromatic N) is 1. The molecular weight excluding hydrogens is 248 g/mol. The molecule has 112 valence electrons. The van der Waals surface area contributed by atoms with Crippen molar-refractivity contribution in [2.24, 2.45) is 0 Å². The van der Waals surface area contributed by atoms with Crippen LogP contribution in [0.2, 0.25) is 0 Å². The molecule has 0 bridgehead atoms. The summed E-state index contributed by atoms with van der Waals surface area (Å²) >= 11 is 0. The van der Waals surface area contributed by atoms with Gasteiger partial charge in [0.15, 0.2) is 0 Å². The Morgan fingerprint density at radius 1 is 1.25 bits per heavy atom. The average Bonchev–Trinajstić information content (AvgIpc) is 2.72. The van der Waals surface area contributed by atoms with Crippen molar-refractivity contribution in [3.8, 4) is 0 Å². The van der Waals surface area contributed by atoms with Gasteiger partial charge >= 0.3 is 0 Å². The van der Waals surface area contributed by atoms with E-state index < -0.39 is 0 Å². The Labute approximate surface area is 123 Å². The Morgan fingerprint density at radius 2 is 2.00 bits per heavy atom. The van der Waals surface area contributed by atoms with Crippen LogP contribution >= 0.6 is 0 Å². The lowest BCUT2D eigenvalue weighted by atomic mass is 9.82. The van der Waals surface area contributed by atoms with Gasteiger partial charge in [-0.3, -0.25) is 4.98 Å². The number of rotatable bonds is 6. The monoisotopic (exact) mass is 276 g/mol. The minimum Gasteiger partial charge on any atom is -0.373 e. The van der Waals surface area contributed by atoms with E-state index in [9.17, 15) is 0 Å². The highest BCUT2D eigenvalue weighted by Gasteiger charge is 2.40. The molecule has 3 nitrogen and oxygen atoms in total. The summed E-state index contributed by atoms with van der Waals surface area (Å²) in [4.78, 5) is 4.30. The molecule has 1 aromatic rings. The normalized spacial score (nSPS) is 20.3. The predicted octanol–water partition coefficient (Wildman–Crippen LogP) is 3.86. The summed E-state index contributed by atoms with van der Waals surface area (Å²) in [6, 6.07) is 4.45.